The van der Waals surface area contributed by atoms with Crippen molar-refractivity contribution in [3.05, 3.63) is 47.9 Å². The van der Waals surface area contributed by atoms with E-state index in [1.54, 1.807) is 44.6 Å². The number of carbonyl (C=O) groups excluding carboxylic acids is 1. The molecule has 0 aliphatic rings. The van der Waals surface area contributed by atoms with Crippen LogP contribution in [0.15, 0.2) is 46.1 Å². The molecule has 1 N–H and O–H groups in total. The molecular weight excluding hydrogens is 260 g/mol. The summed E-state index contributed by atoms with van der Waals surface area (Å²) in [5.74, 6) is 1.06. The van der Waals surface area contributed by atoms with E-state index >= 15 is 0 Å². The van der Waals surface area contributed by atoms with Gasteiger partial charge in [0, 0.05) is 11.6 Å². The Morgan fingerprint density at radius 1 is 1.30 bits per heavy atom. The van der Waals surface area contributed by atoms with Crippen LogP contribution in [0.4, 0.5) is 0 Å². The van der Waals surface area contributed by atoms with Crippen LogP contribution >= 0.6 is 0 Å². The minimum Gasteiger partial charge on any atom is -0.497 e. The van der Waals surface area contributed by atoms with Crippen LogP contribution in [0.25, 0.3) is 0 Å². The molecule has 20 heavy (non-hydrogen) atoms. The summed E-state index contributed by atoms with van der Waals surface area (Å²) in [5, 5.41) is 3.86. The summed E-state index contributed by atoms with van der Waals surface area (Å²) in [6.45, 7) is 0. The summed E-state index contributed by atoms with van der Waals surface area (Å²) in [6, 6.07) is 8.47. The predicted octanol–water partition coefficient (Wildman–Crippen LogP) is 2.06. The van der Waals surface area contributed by atoms with Crippen molar-refractivity contribution in [3.63, 3.8) is 0 Å². The van der Waals surface area contributed by atoms with Gasteiger partial charge in [-0.05, 0) is 24.3 Å². The number of ether oxygens (including phenoxy) is 2. The van der Waals surface area contributed by atoms with E-state index < -0.39 is 5.91 Å². The van der Waals surface area contributed by atoms with Crippen molar-refractivity contribution in [2.24, 2.45) is 5.10 Å². The lowest BCUT2D eigenvalue weighted by molar-refractivity contribution is 0.0927. The topological polar surface area (TPSA) is 73.1 Å². The number of rotatable bonds is 5. The smallest absolute Gasteiger partial charge is 0.307 e. The maximum atomic E-state index is 11.6. The Labute approximate surface area is 116 Å². The van der Waals surface area contributed by atoms with Gasteiger partial charge in [0.25, 0.3) is 0 Å². The molecule has 2 rings (SSSR count). The van der Waals surface area contributed by atoms with Crippen molar-refractivity contribution in [2.75, 3.05) is 14.2 Å². The number of methoxy groups -OCH3 is 2. The number of carbonyl (C=O) groups is 1. The highest BCUT2D eigenvalue weighted by Gasteiger charge is 2.06. The summed E-state index contributed by atoms with van der Waals surface area (Å²) in [7, 11) is 3.12. The predicted molar refractivity (Wildman–Crippen MR) is 73.3 cm³/mol. The van der Waals surface area contributed by atoms with E-state index in [2.05, 4.69) is 10.5 Å². The number of hydrogen-bond acceptors (Lipinski definition) is 5. The number of hydrazone groups is 1. The fourth-order valence-electron chi connectivity index (χ4n) is 1.55. The van der Waals surface area contributed by atoms with E-state index in [1.807, 2.05) is 0 Å². The molecule has 1 heterocycles. The van der Waals surface area contributed by atoms with Gasteiger partial charge in [-0.25, -0.2) is 5.43 Å². The lowest BCUT2D eigenvalue weighted by atomic mass is 10.2. The van der Waals surface area contributed by atoms with Crippen LogP contribution in [0.3, 0.4) is 0 Å². The molecular formula is C14H14N2O4. The molecule has 0 aliphatic carbocycles. The number of benzene rings is 1. The summed E-state index contributed by atoms with van der Waals surface area (Å²) >= 11 is 0. The van der Waals surface area contributed by atoms with Gasteiger partial charge >= 0.3 is 5.91 Å². The van der Waals surface area contributed by atoms with Crippen LogP contribution in [-0.4, -0.2) is 26.3 Å². The van der Waals surface area contributed by atoms with Crippen LogP contribution in [0.5, 0.6) is 11.5 Å². The molecule has 0 unspecified atom stereocenters. The van der Waals surface area contributed by atoms with Crippen LogP contribution < -0.4 is 14.9 Å². The van der Waals surface area contributed by atoms with Crippen LogP contribution in [0.2, 0.25) is 0 Å². The second kappa shape index (κ2) is 6.42. The van der Waals surface area contributed by atoms with E-state index in [0.29, 0.717) is 17.1 Å². The lowest BCUT2D eigenvalue weighted by Crippen LogP contribution is -2.16. The molecule has 0 spiro atoms. The molecule has 0 bridgehead atoms. The Morgan fingerprint density at radius 2 is 2.15 bits per heavy atom. The second-order valence-corrected chi connectivity index (χ2v) is 3.78. The van der Waals surface area contributed by atoms with Crippen molar-refractivity contribution in [1.29, 1.82) is 0 Å². The molecule has 1 aromatic heterocycles. The molecule has 0 aliphatic heterocycles. The first-order valence-corrected chi connectivity index (χ1v) is 5.83. The van der Waals surface area contributed by atoms with Gasteiger partial charge in [-0.15, -0.1) is 0 Å². The van der Waals surface area contributed by atoms with Crippen molar-refractivity contribution < 1.29 is 18.7 Å². The zero-order valence-corrected chi connectivity index (χ0v) is 11.1. The third-order valence-corrected chi connectivity index (χ3v) is 2.56. The molecule has 6 heteroatoms. The van der Waals surface area contributed by atoms with Gasteiger partial charge in [-0.2, -0.15) is 5.10 Å². The van der Waals surface area contributed by atoms with Gasteiger partial charge in [-0.1, -0.05) is 0 Å². The fraction of sp³-hybridized carbons (Fsp3) is 0.143. The zero-order chi connectivity index (χ0) is 14.4. The first kappa shape index (κ1) is 13.7. The monoisotopic (exact) mass is 274 g/mol. The average molecular weight is 274 g/mol. The molecule has 0 saturated heterocycles. The van der Waals surface area contributed by atoms with Crippen molar-refractivity contribution in [1.82, 2.24) is 5.43 Å². The SMILES string of the molecule is COc1ccc(/C=N\NC(=O)c2ccco2)c(OC)c1. The number of nitrogens with zero attached hydrogens (tertiary/aromatic N) is 1. The van der Waals surface area contributed by atoms with Crippen LogP contribution in [0, 0.1) is 0 Å². The summed E-state index contributed by atoms with van der Waals surface area (Å²) in [4.78, 5) is 11.6. The minimum absolute atomic E-state index is 0.198. The van der Waals surface area contributed by atoms with Gasteiger partial charge in [0.1, 0.15) is 11.5 Å². The van der Waals surface area contributed by atoms with Gasteiger partial charge in [-0.3, -0.25) is 4.79 Å². The highest BCUT2D eigenvalue weighted by Crippen LogP contribution is 2.22. The van der Waals surface area contributed by atoms with Gasteiger partial charge in [0.15, 0.2) is 5.76 Å². The van der Waals surface area contributed by atoms with Crippen molar-refractivity contribution in [2.45, 2.75) is 0 Å². The fourth-order valence-corrected chi connectivity index (χ4v) is 1.55. The largest absolute Gasteiger partial charge is 0.497 e. The highest BCUT2D eigenvalue weighted by molar-refractivity contribution is 5.92. The van der Waals surface area contributed by atoms with Crippen molar-refractivity contribution >= 4 is 12.1 Å². The molecule has 0 atom stereocenters. The third kappa shape index (κ3) is 3.17. The van der Waals surface area contributed by atoms with E-state index in [4.69, 9.17) is 13.9 Å². The van der Waals surface area contributed by atoms with Gasteiger partial charge in [0.05, 0.1) is 26.7 Å². The normalized spacial score (nSPS) is 10.5. The Bertz CT molecular complexity index is 606. The molecule has 1 amide bonds. The molecule has 2 aromatic rings. The standard InChI is InChI=1S/C14H14N2O4/c1-18-11-6-5-10(13(8-11)19-2)9-15-16-14(17)12-4-3-7-20-12/h3-9H,1-2H3,(H,16,17)/b15-9-. The molecule has 6 nitrogen and oxygen atoms in total. The van der Waals surface area contributed by atoms with Gasteiger partial charge in [0.2, 0.25) is 0 Å². The maximum Gasteiger partial charge on any atom is 0.307 e. The summed E-state index contributed by atoms with van der Waals surface area (Å²) in [6.07, 6.45) is 2.91. The molecule has 0 radical (unpaired) electrons. The molecule has 104 valence electrons. The summed E-state index contributed by atoms with van der Waals surface area (Å²) < 4.78 is 15.3. The first-order chi connectivity index (χ1) is 9.74. The van der Waals surface area contributed by atoms with Crippen molar-refractivity contribution in [3.8, 4) is 11.5 Å². The molecule has 0 saturated carbocycles. The Balaban J connectivity index is 2.06. The van der Waals surface area contributed by atoms with Crippen LogP contribution in [-0.2, 0) is 0 Å². The Morgan fingerprint density at radius 3 is 2.80 bits per heavy atom. The third-order valence-electron chi connectivity index (χ3n) is 2.56. The Kier molecular flexibility index (Phi) is 4.39. The molecule has 0 fully saturated rings. The number of furan rings is 1. The second-order valence-electron chi connectivity index (χ2n) is 3.78. The average Bonchev–Trinajstić information content (AvgIpc) is 3.01. The zero-order valence-electron chi connectivity index (χ0n) is 11.1. The van der Waals surface area contributed by atoms with E-state index in [-0.39, 0.29) is 5.76 Å². The molecule has 1 aromatic carbocycles. The van der Waals surface area contributed by atoms with E-state index in [0.717, 1.165) is 0 Å². The summed E-state index contributed by atoms with van der Waals surface area (Å²) in [5.41, 5.74) is 3.08. The van der Waals surface area contributed by atoms with Gasteiger partial charge < -0.3 is 13.9 Å². The first-order valence-electron chi connectivity index (χ1n) is 5.83. The number of amides is 1. The Hall–Kier alpha value is -2.76. The maximum absolute atomic E-state index is 11.6. The number of nitrogens with one attached hydrogen (secondary N) is 1. The lowest BCUT2D eigenvalue weighted by Gasteiger charge is -2.06. The van der Waals surface area contributed by atoms with E-state index in [1.165, 1.54) is 12.5 Å². The minimum atomic E-state index is -0.418. The van der Waals surface area contributed by atoms with Crippen LogP contribution in [0.1, 0.15) is 16.1 Å². The number of hydrogen-bond donors (Lipinski definition) is 1. The highest BCUT2D eigenvalue weighted by atomic mass is 16.5. The quantitative estimate of drug-likeness (QED) is 0.669. The van der Waals surface area contributed by atoms with E-state index in [9.17, 15) is 4.79 Å².